The van der Waals surface area contributed by atoms with Gasteiger partial charge in [-0.25, -0.2) is 4.98 Å². The molecule has 29 heavy (non-hydrogen) atoms. The number of hydrogen-bond acceptors (Lipinski definition) is 7. The first kappa shape index (κ1) is 21.7. The van der Waals surface area contributed by atoms with Crippen molar-refractivity contribution in [1.29, 1.82) is 0 Å². The average molecular weight is 436 g/mol. The zero-order valence-corrected chi connectivity index (χ0v) is 18.6. The van der Waals surface area contributed by atoms with E-state index >= 15 is 0 Å². The Morgan fingerprint density at radius 1 is 1.45 bits per heavy atom. The number of rotatable bonds is 7. The van der Waals surface area contributed by atoms with E-state index in [1.807, 2.05) is 19.1 Å². The second-order valence-corrected chi connectivity index (χ2v) is 8.70. The third-order valence-corrected chi connectivity index (χ3v) is 7.20. The third kappa shape index (κ3) is 4.32. The number of pyridine rings is 1. The highest BCUT2D eigenvalue weighted by Crippen LogP contribution is 2.41. The topological polar surface area (TPSA) is 75.5 Å². The number of ether oxygens (including phenoxy) is 1. The van der Waals surface area contributed by atoms with Gasteiger partial charge in [0.25, 0.3) is 0 Å². The first-order valence-electron chi connectivity index (χ1n) is 9.72. The molecule has 1 N–H and O–H groups in total. The molecule has 0 amide bonds. The van der Waals surface area contributed by atoms with E-state index in [0.717, 1.165) is 12.0 Å². The number of ketones is 1. The lowest BCUT2D eigenvalue weighted by Crippen LogP contribution is -2.47. The Hall–Kier alpha value is -1.96. The summed E-state index contributed by atoms with van der Waals surface area (Å²) < 4.78 is 6.26. The number of allylic oxidation sites excluding steroid dienone is 1. The lowest BCUT2D eigenvalue weighted by molar-refractivity contribution is -0.132. The lowest BCUT2D eigenvalue weighted by atomic mass is 9.79. The minimum absolute atomic E-state index is 0.0349. The number of hydrogen-bond donors (Lipinski definition) is 1. The smallest absolute Gasteiger partial charge is 0.186 e. The van der Waals surface area contributed by atoms with Crippen LogP contribution in [0.2, 0.25) is 5.15 Å². The van der Waals surface area contributed by atoms with Gasteiger partial charge >= 0.3 is 0 Å². The van der Waals surface area contributed by atoms with Crippen molar-refractivity contribution in [3.8, 4) is 10.6 Å². The molecule has 0 radical (unpaired) electrons. The minimum Gasteiger partial charge on any atom is -0.486 e. The highest BCUT2D eigenvalue weighted by molar-refractivity contribution is 7.19. The van der Waals surface area contributed by atoms with E-state index in [1.165, 1.54) is 17.4 Å². The molecule has 1 aliphatic heterocycles. The molecule has 0 aromatic carbocycles. The number of likely N-dealkylation sites (N-methyl/N-ethyl adjacent to an activating group) is 1. The second kappa shape index (κ2) is 8.81. The quantitative estimate of drug-likeness (QED) is 0.636. The van der Waals surface area contributed by atoms with Crippen molar-refractivity contribution in [2.45, 2.75) is 51.9 Å². The molecule has 0 saturated carbocycles. The van der Waals surface area contributed by atoms with Gasteiger partial charge in [0.2, 0.25) is 0 Å². The summed E-state index contributed by atoms with van der Waals surface area (Å²) in [6.07, 6.45) is 5.55. The molecular weight excluding hydrogens is 410 g/mol. The van der Waals surface area contributed by atoms with Crippen molar-refractivity contribution in [3.63, 3.8) is 0 Å². The van der Waals surface area contributed by atoms with Crippen LogP contribution >= 0.6 is 22.9 Å². The van der Waals surface area contributed by atoms with E-state index in [-0.39, 0.29) is 22.6 Å². The summed E-state index contributed by atoms with van der Waals surface area (Å²) in [4.78, 5) is 22.5. The van der Waals surface area contributed by atoms with Crippen molar-refractivity contribution >= 4 is 33.7 Å². The monoisotopic (exact) mass is 435 g/mol. The number of carbonyl (C=O) groups is 1. The van der Waals surface area contributed by atoms with Gasteiger partial charge in [0, 0.05) is 31.1 Å². The minimum atomic E-state index is -1.14. The standard InChI is InChI=1S/C21H26ClN3O3S/c1-5-13(3)21(6-2)11-15(26)10-16(28-21)19(27)25(4)20-17(22)24-18(29-20)14-8-7-9-23-12-14/h7-10,12-13,19,27H,5-6,11H2,1-4H3. The number of halogens is 1. The third-order valence-electron chi connectivity index (χ3n) is 5.63. The Labute approximate surface area is 180 Å². The zero-order valence-electron chi connectivity index (χ0n) is 17.1. The van der Waals surface area contributed by atoms with Crippen LogP contribution in [-0.4, -0.2) is 39.7 Å². The van der Waals surface area contributed by atoms with E-state index in [1.54, 1.807) is 24.3 Å². The maximum absolute atomic E-state index is 12.5. The van der Waals surface area contributed by atoms with Gasteiger partial charge in [0.1, 0.15) is 21.4 Å². The van der Waals surface area contributed by atoms with Gasteiger partial charge in [-0.15, -0.1) is 0 Å². The van der Waals surface area contributed by atoms with Crippen molar-refractivity contribution in [1.82, 2.24) is 9.97 Å². The summed E-state index contributed by atoms with van der Waals surface area (Å²) in [6, 6.07) is 3.73. The van der Waals surface area contributed by atoms with Crippen LogP contribution in [-0.2, 0) is 9.53 Å². The van der Waals surface area contributed by atoms with E-state index in [9.17, 15) is 9.90 Å². The van der Waals surface area contributed by atoms with Crippen LogP contribution in [0.3, 0.4) is 0 Å². The van der Waals surface area contributed by atoms with E-state index < -0.39 is 11.8 Å². The summed E-state index contributed by atoms with van der Waals surface area (Å²) >= 11 is 7.70. The highest BCUT2D eigenvalue weighted by Gasteiger charge is 2.43. The molecule has 6 nitrogen and oxygen atoms in total. The second-order valence-electron chi connectivity index (χ2n) is 7.36. The van der Waals surface area contributed by atoms with Gasteiger partial charge < -0.3 is 14.7 Å². The molecule has 0 saturated heterocycles. The predicted octanol–water partition coefficient (Wildman–Crippen LogP) is 4.68. The SMILES string of the molecule is CCC(C)C1(CC)CC(=O)C=C(C(O)N(C)c2sc(-c3cccnc3)nc2Cl)O1. The average Bonchev–Trinajstić information content (AvgIpc) is 3.13. The Balaban J connectivity index is 1.87. The molecule has 1 aliphatic rings. The number of nitrogens with zero attached hydrogens (tertiary/aromatic N) is 3. The largest absolute Gasteiger partial charge is 0.486 e. The molecule has 2 aromatic heterocycles. The van der Waals surface area contributed by atoms with Crippen LogP contribution in [0.4, 0.5) is 5.00 Å². The van der Waals surface area contributed by atoms with Crippen molar-refractivity contribution in [2.75, 3.05) is 11.9 Å². The van der Waals surface area contributed by atoms with Crippen LogP contribution in [0.25, 0.3) is 10.6 Å². The van der Waals surface area contributed by atoms with Gasteiger partial charge in [0.15, 0.2) is 17.2 Å². The molecular formula is C21H26ClN3O3S. The van der Waals surface area contributed by atoms with Crippen molar-refractivity contribution < 1.29 is 14.6 Å². The molecule has 3 unspecified atom stereocenters. The van der Waals surface area contributed by atoms with Crippen LogP contribution in [0.15, 0.2) is 36.4 Å². The Bertz CT molecular complexity index is 902. The maximum atomic E-state index is 12.5. The summed E-state index contributed by atoms with van der Waals surface area (Å²) in [6.45, 7) is 6.17. The van der Waals surface area contributed by atoms with Crippen molar-refractivity contribution in [3.05, 3.63) is 41.5 Å². The molecule has 0 aliphatic carbocycles. The van der Waals surface area contributed by atoms with Crippen LogP contribution in [0, 0.1) is 5.92 Å². The van der Waals surface area contributed by atoms with Crippen LogP contribution in [0.5, 0.6) is 0 Å². The first-order chi connectivity index (χ1) is 13.8. The number of anilines is 1. The Morgan fingerprint density at radius 3 is 2.83 bits per heavy atom. The number of thiazole rings is 1. The fraction of sp³-hybridized carbons (Fsp3) is 0.476. The Morgan fingerprint density at radius 2 is 2.21 bits per heavy atom. The predicted molar refractivity (Wildman–Crippen MR) is 116 cm³/mol. The fourth-order valence-electron chi connectivity index (χ4n) is 3.55. The first-order valence-corrected chi connectivity index (χ1v) is 10.9. The maximum Gasteiger partial charge on any atom is 0.186 e. The van der Waals surface area contributed by atoms with E-state index in [4.69, 9.17) is 16.3 Å². The molecule has 3 rings (SSSR count). The summed E-state index contributed by atoms with van der Waals surface area (Å²) in [7, 11) is 1.71. The van der Waals surface area contributed by atoms with E-state index in [0.29, 0.717) is 22.9 Å². The molecule has 3 atom stereocenters. The van der Waals surface area contributed by atoms with Gasteiger partial charge in [0.05, 0.1) is 6.42 Å². The number of aromatic nitrogens is 2. The molecule has 0 fully saturated rings. The van der Waals surface area contributed by atoms with Gasteiger partial charge in [-0.05, 0) is 30.9 Å². The van der Waals surface area contributed by atoms with Gasteiger partial charge in [-0.1, -0.05) is 43.7 Å². The Kier molecular flexibility index (Phi) is 6.61. The van der Waals surface area contributed by atoms with Crippen LogP contribution < -0.4 is 4.90 Å². The zero-order chi connectivity index (χ0) is 21.2. The molecule has 0 spiro atoms. The lowest BCUT2D eigenvalue weighted by Gasteiger charge is -2.43. The fourth-order valence-corrected chi connectivity index (χ4v) is 4.87. The normalized spacial score (nSPS) is 21.3. The molecule has 3 heterocycles. The summed E-state index contributed by atoms with van der Waals surface area (Å²) in [5, 5.41) is 12.6. The summed E-state index contributed by atoms with van der Waals surface area (Å²) in [5.41, 5.74) is 0.245. The number of carbonyl (C=O) groups excluding carboxylic acids is 1. The van der Waals surface area contributed by atoms with Gasteiger partial charge in [-0.2, -0.15) is 0 Å². The molecule has 2 aromatic rings. The molecule has 156 valence electrons. The number of aliphatic hydroxyl groups excluding tert-OH is 1. The van der Waals surface area contributed by atoms with Crippen LogP contribution in [0.1, 0.15) is 40.0 Å². The van der Waals surface area contributed by atoms with E-state index in [2.05, 4.69) is 23.8 Å². The number of aliphatic hydroxyl groups is 1. The molecule has 8 heteroatoms. The summed E-state index contributed by atoms with van der Waals surface area (Å²) in [5.74, 6) is 0.396. The van der Waals surface area contributed by atoms with Gasteiger partial charge in [-0.3, -0.25) is 9.78 Å². The highest BCUT2D eigenvalue weighted by atomic mass is 35.5. The molecule has 0 bridgehead atoms. The van der Waals surface area contributed by atoms with Crippen molar-refractivity contribution in [2.24, 2.45) is 5.92 Å².